The Morgan fingerprint density at radius 3 is 2.92 bits per heavy atom. The molecule has 0 aliphatic heterocycles. The number of benzene rings is 1. The SMILES string of the molecule is O=C(NCCc1csc2ccccc12)c1cc([N+](=O)[O-])c[nH]c1=O. The van der Waals surface area contributed by atoms with Crippen LogP contribution in [0.15, 0.2) is 46.7 Å². The van der Waals surface area contributed by atoms with Gasteiger partial charge >= 0.3 is 0 Å². The van der Waals surface area contributed by atoms with Crippen LogP contribution in [0.3, 0.4) is 0 Å². The number of amides is 1. The maximum Gasteiger partial charge on any atom is 0.286 e. The lowest BCUT2D eigenvalue weighted by Gasteiger charge is -2.04. The lowest BCUT2D eigenvalue weighted by atomic mass is 10.1. The lowest BCUT2D eigenvalue weighted by Crippen LogP contribution is -2.31. The molecule has 0 aliphatic rings. The molecule has 122 valence electrons. The van der Waals surface area contributed by atoms with Gasteiger partial charge < -0.3 is 10.3 Å². The molecule has 0 fully saturated rings. The van der Waals surface area contributed by atoms with Gasteiger partial charge in [0.15, 0.2) is 0 Å². The van der Waals surface area contributed by atoms with Gasteiger partial charge in [0.2, 0.25) is 0 Å². The normalized spacial score (nSPS) is 10.7. The number of nitrogens with zero attached hydrogens (tertiary/aromatic N) is 1. The van der Waals surface area contributed by atoms with Gasteiger partial charge in [0.25, 0.3) is 17.2 Å². The van der Waals surface area contributed by atoms with Crippen LogP contribution in [-0.4, -0.2) is 22.4 Å². The van der Waals surface area contributed by atoms with E-state index in [1.807, 2.05) is 29.6 Å². The van der Waals surface area contributed by atoms with Gasteiger partial charge in [-0.2, -0.15) is 0 Å². The first-order chi connectivity index (χ1) is 11.6. The van der Waals surface area contributed by atoms with Crippen LogP contribution >= 0.6 is 11.3 Å². The molecule has 8 heteroatoms. The molecule has 1 aromatic carbocycles. The quantitative estimate of drug-likeness (QED) is 0.548. The fourth-order valence-electron chi connectivity index (χ4n) is 2.38. The monoisotopic (exact) mass is 343 g/mol. The van der Waals surface area contributed by atoms with Crippen molar-refractivity contribution >= 4 is 33.0 Å². The summed E-state index contributed by atoms with van der Waals surface area (Å²) in [5, 5.41) is 16.5. The number of aromatic nitrogens is 1. The molecule has 7 nitrogen and oxygen atoms in total. The molecule has 0 unspecified atom stereocenters. The number of rotatable bonds is 5. The van der Waals surface area contributed by atoms with Crippen LogP contribution < -0.4 is 10.9 Å². The van der Waals surface area contributed by atoms with Gasteiger partial charge in [-0.25, -0.2) is 0 Å². The molecule has 0 bridgehead atoms. The molecule has 2 aromatic heterocycles. The topological polar surface area (TPSA) is 105 Å². The fraction of sp³-hybridized carbons (Fsp3) is 0.125. The third-order valence-corrected chi connectivity index (χ3v) is 4.60. The van der Waals surface area contributed by atoms with Crippen LogP contribution in [0, 0.1) is 10.1 Å². The minimum Gasteiger partial charge on any atom is -0.352 e. The summed E-state index contributed by atoms with van der Waals surface area (Å²) >= 11 is 1.63. The highest BCUT2D eigenvalue weighted by molar-refractivity contribution is 7.17. The number of fused-ring (bicyclic) bond motifs is 1. The zero-order valence-corrected chi connectivity index (χ0v) is 13.3. The molecule has 0 radical (unpaired) electrons. The zero-order chi connectivity index (χ0) is 17.1. The second-order valence-electron chi connectivity index (χ2n) is 5.12. The van der Waals surface area contributed by atoms with Crippen LogP contribution in [0.4, 0.5) is 5.69 Å². The first-order valence-corrected chi connectivity index (χ1v) is 8.04. The van der Waals surface area contributed by atoms with Crippen molar-refractivity contribution in [1.82, 2.24) is 10.3 Å². The summed E-state index contributed by atoms with van der Waals surface area (Å²) in [6.07, 6.45) is 1.58. The summed E-state index contributed by atoms with van der Waals surface area (Å²) < 4.78 is 1.17. The van der Waals surface area contributed by atoms with E-state index in [-0.39, 0.29) is 11.3 Å². The van der Waals surface area contributed by atoms with Crippen LogP contribution in [0.2, 0.25) is 0 Å². The first kappa shape index (κ1) is 15.9. The zero-order valence-electron chi connectivity index (χ0n) is 12.4. The number of nitro groups is 1. The van der Waals surface area contributed by atoms with Crippen molar-refractivity contribution in [3.05, 3.63) is 73.5 Å². The highest BCUT2D eigenvalue weighted by Crippen LogP contribution is 2.25. The Morgan fingerprint density at radius 2 is 2.12 bits per heavy atom. The summed E-state index contributed by atoms with van der Waals surface area (Å²) in [7, 11) is 0. The van der Waals surface area contributed by atoms with Crippen molar-refractivity contribution < 1.29 is 9.72 Å². The third-order valence-electron chi connectivity index (χ3n) is 3.58. The number of hydrogen-bond donors (Lipinski definition) is 2. The summed E-state index contributed by atoms with van der Waals surface area (Å²) in [5.74, 6) is -0.625. The number of aromatic amines is 1. The van der Waals surface area contributed by atoms with Crippen molar-refractivity contribution in [1.29, 1.82) is 0 Å². The second-order valence-corrected chi connectivity index (χ2v) is 6.03. The lowest BCUT2D eigenvalue weighted by molar-refractivity contribution is -0.385. The van der Waals surface area contributed by atoms with E-state index in [0.717, 1.165) is 23.2 Å². The van der Waals surface area contributed by atoms with E-state index in [4.69, 9.17) is 0 Å². The Balaban J connectivity index is 1.69. The van der Waals surface area contributed by atoms with Crippen molar-refractivity contribution in [2.45, 2.75) is 6.42 Å². The van der Waals surface area contributed by atoms with E-state index in [1.165, 1.54) is 4.70 Å². The van der Waals surface area contributed by atoms with Gasteiger partial charge in [0, 0.05) is 17.3 Å². The van der Waals surface area contributed by atoms with Gasteiger partial charge in [0.05, 0.1) is 11.1 Å². The standard InChI is InChI=1S/C16H13N3O4S/c20-15(13-7-11(19(22)23)8-18-16(13)21)17-6-5-10-9-24-14-4-2-1-3-12(10)14/h1-4,7-9H,5-6H2,(H,17,20)(H,18,21). The number of thiophene rings is 1. The molecule has 24 heavy (non-hydrogen) atoms. The minimum atomic E-state index is -0.662. The smallest absolute Gasteiger partial charge is 0.286 e. The number of hydrogen-bond acceptors (Lipinski definition) is 5. The van der Waals surface area contributed by atoms with Gasteiger partial charge in [0.1, 0.15) is 5.56 Å². The number of pyridine rings is 1. The summed E-state index contributed by atoms with van der Waals surface area (Å²) in [5.41, 5.74) is -0.133. The Bertz CT molecular complexity index is 977. The van der Waals surface area contributed by atoms with Gasteiger partial charge in [-0.15, -0.1) is 11.3 Å². The summed E-state index contributed by atoms with van der Waals surface area (Å²) in [6.45, 7) is 0.335. The van der Waals surface area contributed by atoms with Crippen molar-refractivity contribution in [3.8, 4) is 0 Å². The van der Waals surface area contributed by atoms with Crippen LogP contribution in [0.5, 0.6) is 0 Å². The predicted octanol–water partition coefficient (Wildman–Crippen LogP) is 2.47. The van der Waals surface area contributed by atoms with E-state index in [1.54, 1.807) is 11.3 Å². The Labute approximate surface area is 140 Å². The highest BCUT2D eigenvalue weighted by Gasteiger charge is 2.15. The molecule has 3 rings (SSSR count). The Hall–Kier alpha value is -3.00. The largest absolute Gasteiger partial charge is 0.352 e. The van der Waals surface area contributed by atoms with Crippen molar-refractivity contribution in [2.75, 3.05) is 6.54 Å². The van der Waals surface area contributed by atoms with E-state index < -0.39 is 16.4 Å². The predicted molar refractivity (Wildman–Crippen MR) is 91.6 cm³/mol. The van der Waals surface area contributed by atoms with Gasteiger partial charge in [-0.05, 0) is 28.8 Å². The average Bonchev–Trinajstić information content (AvgIpc) is 2.98. The van der Waals surface area contributed by atoms with E-state index in [2.05, 4.69) is 10.3 Å². The number of carbonyl (C=O) groups is 1. The van der Waals surface area contributed by atoms with Crippen molar-refractivity contribution in [2.24, 2.45) is 0 Å². The number of H-pyrrole nitrogens is 1. The van der Waals surface area contributed by atoms with Crippen LogP contribution in [-0.2, 0) is 6.42 Å². The molecule has 2 N–H and O–H groups in total. The second kappa shape index (κ2) is 6.63. The minimum absolute atomic E-state index is 0.264. The molecule has 0 spiro atoms. The maximum atomic E-state index is 12.1. The molecule has 3 aromatic rings. The molecular formula is C16H13N3O4S. The fourth-order valence-corrected chi connectivity index (χ4v) is 3.38. The summed E-state index contributed by atoms with van der Waals surface area (Å²) in [6, 6.07) is 8.96. The molecule has 0 atom stereocenters. The van der Waals surface area contributed by atoms with Gasteiger partial charge in [-0.3, -0.25) is 19.7 Å². The summed E-state index contributed by atoms with van der Waals surface area (Å²) in [4.78, 5) is 36.0. The average molecular weight is 343 g/mol. The number of carbonyl (C=O) groups excluding carboxylic acids is 1. The van der Waals surface area contributed by atoms with Crippen LogP contribution in [0.1, 0.15) is 15.9 Å². The van der Waals surface area contributed by atoms with Gasteiger partial charge in [-0.1, -0.05) is 18.2 Å². The Kier molecular flexibility index (Phi) is 4.39. The number of nitrogens with one attached hydrogen (secondary N) is 2. The first-order valence-electron chi connectivity index (χ1n) is 7.16. The Morgan fingerprint density at radius 1 is 1.33 bits per heavy atom. The molecule has 0 saturated carbocycles. The molecule has 0 aliphatic carbocycles. The molecular weight excluding hydrogens is 330 g/mol. The third kappa shape index (κ3) is 3.18. The van der Waals surface area contributed by atoms with E-state index in [0.29, 0.717) is 13.0 Å². The maximum absolute atomic E-state index is 12.1. The van der Waals surface area contributed by atoms with Crippen LogP contribution in [0.25, 0.3) is 10.1 Å². The molecule has 2 heterocycles. The highest BCUT2D eigenvalue weighted by atomic mass is 32.1. The van der Waals surface area contributed by atoms with Crippen molar-refractivity contribution in [3.63, 3.8) is 0 Å². The molecule has 0 saturated heterocycles. The van der Waals surface area contributed by atoms with E-state index in [9.17, 15) is 19.7 Å². The molecule has 1 amide bonds. The van der Waals surface area contributed by atoms with E-state index >= 15 is 0 Å².